The molecule has 2 aliphatic heterocycles. The van der Waals surface area contributed by atoms with Crippen LogP contribution < -0.4 is 9.80 Å². The third-order valence-corrected chi connectivity index (χ3v) is 6.93. The van der Waals surface area contributed by atoms with Gasteiger partial charge in [0.1, 0.15) is 11.6 Å². The number of hydrogen-bond acceptors (Lipinski definition) is 4. The zero-order chi connectivity index (χ0) is 24.2. The molecule has 6 heteroatoms. The Labute approximate surface area is 203 Å². The number of aromatic nitrogens is 1. The highest BCUT2D eigenvalue weighted by molar-refractivity contribution is 6.12. The number of amides is 2. The molecule has 0 unspecified atom stereocenters. The Morgan fingerprint density at radius 2 is 1.74 bits per heavy atom. The molecule has 3 heterocycles. The second kappa shape index (κ2) is 7.94. The van der Waals surface area contributed by atoms with E-state index in [4.69, 9.17) is 4.74 Å². The van der Waals surface area contributed by atoms with E-state index in [0.29, 0.717) is 18.5 Å². The molecule has 0 radical (unpaired) electrons. The Kier molecular flexibility index (Phi) is 4.85. The molecule has 0 N–H and O–H groups in total. The number of pyridine rings is 1. The first-order valence-corrected chi connectivity index (χ1v) is 11.8. The van der Waals surface area contributed by atoms with Gasteiger partial charge in [-0.3, -0.25) is 14.7 Å². The summed E-state index contributed by atoms with van der Waals surface area (Å²) in [7, 11) is 0. The SMILES string of the molecule is CC1(C)OC(=O)N(c2ccc3c(c2)CCN(c2cccc4cccnc24)C3=O)[C@H]1c1ccccc1. The lowest BCUT2D eigenvalue weighted by molar-refractivity contribution is 0.0685. The fraction of sp³-hybridized carbons (Fsp3) is 0.207. The summed E-state index contributed by atoms with van der Waals surface area (Å²) in [4.78, 5) is 34.6. The minimum absolute atomic E-state index is 0.0557. The fourth-order valence-electron chi connectivity index (χ4n) is 5.35. The van der Waals surface area contributed by atoms with Gasteiger partial charge in [-0.2, -0.15) is 0 Å². The fourth-order valence-corrected chi connectivity index (χ4v) is 5.35. The first-order chi connectivity index (χ1) is 16.9. The van der Waals surface area contributed by atoms with Gasteiger partial charge in [0, 0.05) is 29.4 Å². The molecule has 6 rings (SSSR count). The number of rotatable bonds is 3. The lowest BCUT2D eigenvalue weighted by Crippen LogP contribution is -2.38. The van der Waals surface area contributed by atoms with Crippen LogP contribution in [0.2, 0.25) is 0 Å². The van der Waals surface area contributed by atoms with Crippen LogP contribution in [0.4, 0.5) is 16.2 Å². The second-order valence-corrected chi connectivity index (χ2v) is 9.56. The van der Waals surface area contributed by atoms with Crippen molar-refractivity contribution in [2.24, 2.45) is 0 Å². The van der Waals surface area contributed by atoms with E-state index in [1.807, 2.05) is 92.7 Å². The lowest BCUT2D eigenvalue weighted by atomic mass is 9.90. The molecule has 0 aliphatic carbocycles. The topological polar surface area (TPSA) is 62.7 Å². The third kappa shape index (κ3) is 3.44. The van der Waals surface area contributed by atoms with Gasteiger partial charge in [0.15, 0.2) is 0 Å². The Morgan fingerprint density at radius 3 is 2.57 bits per heavy atom. The summed E-state index contributed by atoms with van der Waals surface area (Å²) in [5.41, 5.74) is 4.26. The number of carbonyl (C=O) groups excluding carboxylic acids is 2. The van der Waals surface area contributed by atoms with Crippen molar-refractivity contribution in [3.8, 4) is 0 Å². The number of fused-ring (bicyclic) bond motifs is 2. The van der Waals surface area contributed by atoms with E-state index >= 15 is 0 Å². The van der Waals surface area contributed by atoms with Crippen molar-refractivity contribution in [2.45, 2.75) is 31.9 Å². The second-order valence-electron chi connectivity index (χ2n) is 9.56. The van der Waals surface area contributed by atoms with E-state index in [2.05, 4.69) is 4.98 Å². The predicted molar refractivity (Wildman–Crippen MR) is 136 cm³/mol. The minimum Gasteiger partial charge on any atom is -0.441 e. The van der Waals surface area contributed by atoms with Crippen molar-refractivity contribution < 1.29 is 14.3 Å². The lowest BCUT2D eigenvalue weighted by Gasteiger charge is -2.32. The van der Waals surface area contributed by atoms with Gasteiger partial charge in [-0.1, -0.05) is 48.5 Å². The van der Waals surface area contributed by atoms with E-state index in [-0.39, 0.29) is 18.0 Å². The van der Waals surface area contributed by atoms with Crippen molar-refractivity contribution in [1.82, 2.24) is 4.98 Å². The summed E-state index contributed by atoms with van der Waals surface area (Å²) in [6.07, 6.45) is 2.05. The summed E-state index contributed by atoms with van der Waals surface area (Å²) < 4.78 is 5.77. The highest BCUT2D eigenvalue weighted by Gasteiger charge is 2.49. The molecule has 1 saturated heterocycles. The summed E-state index contributed by atoms with van der Waals surface area (Å²) in [5.74, 6) is -0.0557. The number of ether oxygens (including phenoxy) is 1. The quantitative estimate of drug-likeness (QED) is 0.379. The molecular weight excluding hydrogens is 438 g/mol. The van der Waals surface area contributed by atoms with Gasteiger partial charge in [-0.05, 0) is 61.7 Å². The first-order valence-electron chi connectivity index (χ1n) is 11.8. The van der Waals surface area contributed by atoms with E-state index in [1.54, 1.807) is 16.0 Å². The number of benzene rings is 3. The molecule has 2 amide bonds. The normalized spacial score (nSPS) is 19.1. The number of para-hydroxylation sites is 1. The van der Waals surface area contributed by atoms with E-state index in [1.165, 1.54) is 0 Å². The monoisotopic (exact) mass is 463 g/mol. The Balaban J connectivity index is 1.37. The molecule has 3 aromatic carbocycles. The van der Waals surface area contributed by atoms with E-state index < -0.39 is 5.60 Å². The predicted octanol–water partition coefficient (Wildman–Crippen LogP) is 5.91. The summed E-state index contributed by atoms with van der Waals surface area (Å²) in [5, 5.41) is 1.00. The Morgan fingerprint density at radius 1 is 0.943 bits per heavy atom. The average molecular weight is 464 g/mol. The van der Waals surface area contributed by atoms with Crippen molar-refractivity contribution in [1.29, 1.82) is 0 Å². The molecule has 0 spiro atoms. The number of cyclic esters (lactones) is 1. The number of anilines is 2. The maximum Gasteiger partial charge on any atom is 0.415 e. The van der Waals surface area contributed by atoms with Gasteiger partial charge in [0.25, 0.3) is 5.91 Å². The summed E-state index contributed by atoms with van der Waals surface area (Å²) in [6.45, 7) is 4.41. The van der Waals surface area contributed by atoms with Crippen LogP contribution in [0.15, 0.2) is 85.1 Å². The Bertz CT molecular complexity index is 1460. The highest BCUT2D eigenvalue weighted by Crippen LogP contribution is 2.44. The van der Waals surface area contributed by atoms with Gasteiger partial charge in [0.2, 0.25) is 0 Å². The Hall–Kier alpha value is -4.19. The maximum absolute atomic E-state index is 13.5. The minimum atomic E-state index is -0.692. The van der Waals surface area contributed by atoms with Crippen LogP contribution in [0.1, 0.15) is 41.4 Å². The molecule has 1 atom stereocenters. The van der Waals surface area contributed by atoms with E-state index in [9.17, 15) is 9.59 Å². The van der Waals surface area contributed by atoms with Crippen LogP contribution in [0, 0.1) is 0 Å². The molecule has 1 fully saturated rings. The van der Waals surface area contributed by atoms with Gasteiger partial charge in [0.05, 0.1) is 11.2 Å². The number of nitrogens with zero attached hydrogens (tertiary/aromatic N) is 3. The van der Waals surface area contributed by atoms with Gasteiger partial charge in [-0.15, -0.1) is 0 Å². The molecule has 174 valence electrons. The van der Waals surface area contributed by atoms with Crippen LogP contribution in [0.5, 0.6) is 0 Å². The highest BCUT2D eigenvalue weighted by atomic mass is 16.6. The van der Waals surface area contributed by atoms with Gasteiger partial charge < -0.3 is 9.64 Å². The molecule has 0 bridgehead atoms. The maximum atomic E-state index is 13.5. The largest absolute Gasteiger partial charge is 0.441 e. The zero-order valence-electron chi connectivity index (χ0n) is 19.6. The van der Waals surface area contributed by atoms with Crippen LogP contribution in [0.25, 0.3) is 10.9 Å². The molecule has 0 saturated carbocycles. The number of hydrogen-bond donors (Lipinski definition) is 0. The molecule has 1 aromatic heterocycles. The molecule has 2 aliphatic rings. The van der Waals surface area contributed by atoms with Crippen LogP contribution in [-0.2, 0) is 11.2 Å². The van der Waals surface area contributed by atoms with Crippen molar-refractivity contribution in [2.75, 3.05) is 16.3 Å². The molecule has 6 nitrogen and oxygen atoms in total. The van der Waals surface area contributed by atoms with Crippen LogP contribution in [-0.4, -0.2) is 29.1 Å². The summed E-state index contributed by atoms with van der Waals surface area (Å²) >= 11 is 0. The van der Waals surface area contributed by atoms with Crippen molar-refractivity contribution >= 4 is 34.3 Å². The van der Waals surface area contributed by atoms with Gasteiger partial charge >= 0.3 is 6.09 Å². The van der Waals surface area contributed by atoms with Crippen molar-refractivity contribution in [3.63, 3.8) is 0 Å². The standard InChI is InChI=1S/C29H25N3O3/c1-29(2)26(20-8-4-3-5-9-20)32(28(34)35-29)22-13-14-23-21(18-22)15-17-31(27(23)33)24-12-6-10-19-11-7-16-30-25(19)24/h3-14,16,18,26H,15,17H2,1-2H3/t26-/m0/s1. The number of carbonyl (C=O) groups is 2. The first kappa shape index (κ1) is 21.4. The summed E-state index contributed by atoms with van der Waals surface area (Å²) in [6, 6.07) is 25.1. The van der Waals surface area contributed by atoms with Crippen molar-refractivity contribution in [3.05, 3.63) is 102 Å². The average Bonchev–Trinajstić information content (AvgIpc) is 3.12. The smallest absolute Gasteiger partial charge is 0.415 e. The third-order valence-electron chi connectivity index (χ3n) is 6.93. The van der Waals surface area contributed by atoms with E-state index in [0.717, 1.165) is 33.4 Å². The van der Waals surface area contributed by atoms with Crippen LogP contribution >= 0.6 is 0 Å². The van der Waals surface area contributed by atoms with Gasteiger partial charge in [-0.25, -0.2) is 4.79 Å². The molecule has 4 aromatic rings. The van der Waals surface area contributed by atoms with Crippen LogP contribution in [0.3, 0.4) is 0 Å². The molecule has 35 heavy (non-hydrogen) atoms. The molecular formula is C29H25N3O3. The zero-order valence-corrected chi connectivity index (χ0v) is 19.6.